The van der Waals surface area contributed by atoms with Crippen molar-refractivity contribution in [3.8, 4) is 11.5 Å². The number of methoxy groups -OCH3 is 2. The summed E-state index contributed by atoms with van der Waals surface area (Å²) in [6, 6.07) is 5.09. The predicted molar refractivity (Wildman–Crippen MR) is 57.8 cm³/mol. The van der Waals surface area contributed by atoms with E-state index in [1.54, 1.807) is 25.3 Å². The molecule has 0 spiro atoms. The quantitative estimate of drug-likeness (QED) is 0.754. The Kier molecular flexibility index (Phi) is 3.33. The summed E-state index contributed by atoms with van der Waals surface area (Å²) in [6.45, 7) is 3.60. The molecule has 0 saturated heterocycles. The highest BCUT2D eigenvalue weighted by Gasteiger charge is 2.12. The third kappa shape index (κ3) is 2.28. The van der Waals surface area contributed by atoms with Gasteiger partial charge in [-0.15, -0.1) is 0 Å². The van der Waals surface area contributed by atoms with Crippen molar-refractivity contribution in [3.63, 3.8) is 0 Å². The smallest absolute Gasteiger partial charge is 0.248 e. The highest BCUT2D eigenvalue weighted by Crippen LogP contribution is 2.28. The Balaban J connectivity index is 3.23. The Morgan fingerprint density at radius 3 is 2.47 bits per heavy atom. The number of benzene rings is 1. The van der Waals surface area contributed by atoms with Crippen LogP contribution in [0.3, 0.4) is 0 Å². The van der Waals surface area contributed by atoms with E-state index in [2.05, 4.69) is 6.58 Å². The molecule has 1 rings (SSSR count). The van der Waals surface area contributed by atoms with Crippen LogP contribution in [-0.2, 0) is 4.79 Å². The highest BCUT2D eigenvalue weighted by atomic mass is 16.5. The van der Waals surface area contributed by atoms with E-state index in [9.17, 15) is 4.79 Å². The first-order valence-corrected chi connectivity index (χ1v) is 4.31. The Morgan fingerprint density at radius 2 is 2.00 bits per heavy atom. The van der Waals surface area contributed by atoms with Gasteiger partial charge in [-0.1, -0.05) is 6.58 Å². The number of ether oxygens (including phenoxy) is 2. The SMILES string of the molecule is C=C(C(N)=O)c1cc(OC)ccc1OC. The maximum atomic E-state index is 11.0. The van der Waals surface area contributed by atoms with Gasteiger partial charge in [0, 0.05) is 11.1 Å². The van der Waals surface area contributed by atoms with Crippen molar-refractivity contribution < 1.29 is 14.3 Å². The largest absolute Gasteiger partial charge is 0.497 e. The van der Waals surface area contributed by atoms with Crippen molar-refractivity contribution in [3.05, 3.63) is 30.3 Å². The predicted octanol–water partition coefficient (Wildman–Crippen LogP) is 1.20. The Hall–Kier alpha value is -1.97. The van der Waals surface area contributed by atoms with Crippen LogP contribution in [0.4, 0.5) is 0 Å². The minimum atomic E-state index is -0.582. The lowest BCUT2D eigenvalue weighted by Crippen LogP contribution is -2.12. The topological polar surface area (TPSA) is 61.6 Å². The normalized spacial score (nSPS) is 9.47. The van der Waals surface area contributed by atoms with Crippen molar-refractivity contribution in [2.24, 2.45) is 5.73 Å². The second kappa shape index (κ2) is 4.50. The van der Waals surface area contributed by atoms with Crippen LogP contribution >= 0.6 is 0 Å². The van der Waals surface area contributed by atoms with Crippen LogP contribution in [0.25, 0.3) is 5.57 Å². The summed E-state index contributed by atoms with van der Waals surface area (Å²) in [7, 11) is 3.05. The van der Waals surface area contributed by atoms with E-state index < -0.39 is 5.91 Å². The molecule has 0 unspecified atom stereocenters. The molecule has 80 valence electrons. The Morgan fingerprint density at radius 1 is 1.33 bits per heavy atom. The molecule has 1 amide bonds. The van der Waals surface area contributed by atoms with E-state index >= 15 is 0 Å². The number of nitrogens with two attached hydrogens (primary N) is 1. The first-order valence-electron chi connectivity index (χ1n) is 4.31. The summed E-state index contributed by atoms with van der Waals surface area (Å²) >= 11 is 0. The summed E-state index contributed by atoms with van der Waals surface area (Å²) in [6.07, 6.45) is 0. The van der Waals surface area contributed by atoms with E-state index in [1.807, 2.05) is 0 Å². The van der Waals surface area contributed by atoms with Crippen molar-refractivity contribution in [2.75, 3.05) is 14.2 Å². The van der Waals surface area contributed by atoms with Crippen molar-refractivity contribution in [2.45, 2.75) is 0 Å². The Labute approximate surface area is 88.3 Å². The minimum Gasteiger partial charge on any atom is -0.497 e. The molecule has 4 nitrogen and oxygen atoms in total. The fraction of sp³-hybridized carbons (Fsp3) is 0.182. The van der Waals surface area contributed by atoms with Crippen LogP contribution in [0.15, 0.2) is 24.8 Å². The molecule has 2 N–H and O–H groups in total. The van der Waals surface area contributed by atoms with Gasteiger partial charge in [0.15, 0.2) is 0 Å². The molecule has 0 saturated carbocycles. The highest BCUT2D eigenvalue weighted by molar-refractivity contribution is 6.18. The lowest BCUT2D eigenvalue weighted by molar-refractivity contribution is -0.112. The monoisotopic (exact) mass is 207 g/mol. The van der Waals surface area contributed by atoms with Crippen LogP contribution in [0, 0.1) is 0 Å². The summed E-state index contributed by atoms with van der Waals surface area (Å²) in [4.78, 5) is 11.0. The second-order valence-corrected chi connectivity index (χ2v) is 2.91. The molecule has 15 heavy (non-hydrogen) atoms. The zero-order valence-corrected chi connectivity index (χ0v) is 8.74. The molecule has 0 aliphatic heterocycles. The number of carbonyl (C=O) groups excluding carboxylic acids is 1. The van der Waals surface area contributed by atoms with E-state index in [0.717, 1.165) is 0 Å². The first kappa shape index (κ1) is 11.1. The van der Waals surface area contributed by atoms with E-state index in [4.69, 9.17) is 15.2 Å². The second-order valence-electron chi connectivity index (χ2n) is 2.91. The molecule has 1 aromatic carbocycles. The molecule has 0 aromatic heterocycles. The zero-order valence-electron chi connectivity index (χ0n) is 8.74. The van der Waals surface area contributed by atoms with Crippen LogP contribution < -0.4 is 15.2 Å². The van der Waals surface area contributed by atoms with Gasteiger partial charge in [-0.05, 0) is 18.2 Å². The number of amides is 1. The Bertz CT molecular complexity index is 399. The van der Waals surface area contributed by atoms with Gasteiger partial charge >= 0.3 is 0 Å². The molecule has 0 fully saturated rings. The van der Waals surface area contributed by atoms with E-state index in [-0.39, 0.29) is 5.57 Å². The molecule has 1 aromatic rings. The van der Waals surface area contributed by atoms with Crippen LogP contribution in [0.5, 0.6) is 11.5 Å². The average molecular weight is 207 g/mol. The van der Waals surface area contributed by atoms with Gasteiger partial charge in [-0.25, -0.2) is 0 Å². The molecule has 0 atom stereocenters. The fourth-order valence-corrected chi connectivity index (χ4v) is 1.18. The number of carbonyl (C=O) groups is 1. The van der Waals surface area contributed by atoms with Gasteiger partial charge in [0.1, 0.15) is 11.5 Å². The molecular formula is C11H13NO3. The van der Waals surface area contributed by atoms with E-state index in [1.165, 1.54) is 7.11 Å². The summed E-state index contributed by atoms with van der Waals surface area (Å²) in [5, 5.41) is 0. The minimum absolute atomic E-state index is 0.200. The number of primary amides is 1. The fourth-order valence-electron chi connectivity index (χ4n) is 1.18. The molecule has 0 radical (unpaired) electrons. The summed E-state index contributed by atoms with van der Waals surface area (Å²) < 4.78 is 10.1. The van der Waals surface area contributed by atoms with Crippen LogP contribution in [0.2, 0.25) is 0 Å². The van der Waals surface area contributed by atoms with Gasteiger partial charge in [-0.2, -0.15) is 0 Å². The third-order valence-corrected chi connectivity index (χ3v) is 2.03. The maximum Gasteiger partial charge on any atom is 0.248 e. The maximum absolute atomic E-state index is 11.0. The van der Waals surface area contributed by atoms with E-state index in [0.29, 0.717) is 17.1 Å². The van der Waals surface area contributed by atoms with Crippen LogP contribution in [0.1, 0.15) is 5.56 Å². The van der Waals surface area contributed by atoms with Crippen molar-refractivity contribution in [1.82, 2.24) is 0 Å². The summed E-state index contributed by atoms with van der Waals surface area (Å²) in [5.74, 6) is 0.578. The van der Waals surface area contributed by atoms with Gasteiger partial charge in [0.05, 0.1) is 14.2 Å². The lowest BCUT2D eigenvalue weighted by Gasteiger charge is -2.10. The van der Waals surface area contributed by atoms with Gasteiger partial charge in [0.25, 0.3) is 0 Å². The van der Waals surface area contributed by atoms with Crippen LogP contribution in [-0.4, -0.2) is 20.1 Å². The zero-order chi connectivity index (χ0) is 11.4. The third-order valence-electron chi connectivity index (χ3n) is 2.03. The summed E-state index contributed by atoms with van der Waals surface area (Å²) in [5.41, 5.74) is 5.89. The number of hydrogen-bond donors (Lipinski definition) is 1. The van der Waals surface area contributed by atoms with Crippen molar-refractivity contribution >= 4 is 11.5 Å². The molecule has 0 aliphatic rings. The average Bonchev–Trinajstić information content (AvgIpc) is 2.27. The molecule has 0 heterocycles. The standard InChI is InChI=1S/C11H13NO3/c1-7(11(12)13)9-6-8(14-2)4-5-10(9)15-3/h4-6H,1H2,2-3H3,(H2,12,13). The van der Waals surface area contributed by atoms with Gasteiger partial charge in [0.2, 0.25) is 5.91 Å². The molecule has 0 bridgehead atoms. The molecule has 0 aliphatic carbocycles. The number of rotatable bonds is 4. The lowest BCUT2D eigenvalue weighted by atomic mass is 10.1. The van der Waals surface area contributed by atoms with Crippen molar-refractivity contribution in [1.29, 1.82) is 0 Å². The first-order chi connectivity index (χ1) is 7.10. The number of hydrogen-bond acceptors (Lipinski definition) is 3. The van der Waals surface area contributed by atoms with Gasteiger partial charge in [-0.3, -0.25) is 4.79 Å². The molecule has 4 heteroatoms. The van der Waals surface area contributed by atoms with Gasteiger partial charge < -0.3 is 15.2 Å². The molecular weight excluding hydrogens is 194 g/mol.